The molecule has 0 saturated carbocycles. The van der Waals surface area contributed by atoms with Crippen molar-refractivity contribution in [3.63, 3.8) is 0 Å². The number of fused-ring (bicyclic) bond motifs is 9. The monoisotopic (exact) mass is 508 g/mol. The number of hydrogen-bond donors (Lipinski definition) is 0. The number of nitrogens with zero attached hydrogens (tertiary/aromatic N) is 2. The highest BCUT2D eigenvalue weighted by Gasteiger charge is 2.18. The van der Waals surface area contributed by atoms with Crippen molar-refractivity contribution in [2.75, 3.05) is 0 Å². The fraction of sp³-hybridized carbons (Fsp3) is 0. The molecule has 2 heteroatoms. The van der Waals surface area contributed by atoms with Gasteiger partial charge in [0.2, 0.25) is 0 Å². The summed E-state index contributed by atoms with van der Waals surface area (Å²) in [6.45, 7) is 0. The molecule has 0 amide bonds. The van der Waals surface area contributed by atoms with Gasteiger partial charge in [-0.3, -0.25) is 0 Å². The maximum absolute atomic E-state index is 2.44. The molecular weight excluding hydrogens is 484 g/mol. The van der Waals surface area contributed by atoms with Crippen LogP contribution in [0.1, 0.15) is 0 Å². The van der Waals surface area contributed by atoms with Crippen LogP contribution in [-0.2, 0) is 0 Å². The van der Waals surface area contributed by atoms with E-state index >= 15 is 0 Å². The average Bonchev–Trinajstić information content (AvgIpc) is 3.52. The van der Waals surface area contributed by atoms with Crippen LogP contribution in [0.5, 0.6) is 0 Å². The molecule has 7 aromatic carbocycles. The van der Waals surface area contributed by atoms with Gasteiger partial charge in [0.25, 0.3) is 0 Å². The van der Waals surface area contributed by atoms with E-state index in [2.05, 4.69) is 155 Å². The second kappa shape index (κ2) is 8.08. The van der Waals surface area contributed by atoms with E-state index in [0.29, 0.717) is 0 Å². The third-order valence-corrected chi connectivity index (χ3v) is 8.47. The third kappa shape index (κ3) is 2.93. The summed E-state index contributed by atoms with van der Waals surface area (Å²) in [5, 5.41) is 10.2. The standard InChI is InChI=1S/C38H24N2/c1-2-11-27(12-3-1)39-35-16-8-6-14-31(35)33-23-34-32-15-7-9-17-36(32)40(38(34)24-37(33)39)28-20-21-30-26(22-28)19-18-25-10-4-5-13-29(25)30/h1-24H. The molecule has 0 fully saturated rings. The summed E-state index contributed by atoms with van der Waals surface area (Å²) < 4.78 is 4.84. The van der Waals surface area contributed by atoms with E-state index in [1.54, 1.807) is 0 Å². The maximum atomic E-state index is 2.44. The van der Waals surface area contributed by atoms with Gasteiger partial charge in [-0.25, -0.2) is 0 Å². The van der Waals surface area contributed by atoms with Gasteiger partial charge in [0, 0.05) is 32.9 Å². The predicted octanol–water partition coefficient (Wildman–Crippen LogP) is 10.2. The lowest BCUT2D eigenvalue weighted by Gasteiger charge is -2.12. The quantitative estimate of drug-likeness (QED) is 0.206. The molecule has 0 bridgehead atoms. The normalized spacial score (nSPS) is 12.0. The number of rotatable bonds is 2. The lowest BCUT2D eigenvalue weighted by atomic mass is 10.0. The van der Waals surface area contributed by atoms with E-state index in [1.807, 2.05) is 0 Å². The molecule has 0 saturated heterocycles. The van der Waals surface area contributed by atoms with Crippen LogP contribution in [0.25, 0.3) is 76.5 Å². The minimum atomic E-state index is 1.17. The molecule has 2 heterocycles. The Morgan fingerprint density at radius 2 is 0.825 bits per heavy atom. The Morgan fingerprint density at radius 3 is 1.55 bits per heavy atom. The van der Waals surface area contributed by atoms with Crippen molar-refractivity contribution >= 4 is 65.2 Å². The summed E-state index contributed by atoms with van der Waals surface area (Å²) in [6, 6.07) is 53.1. The molecule has 9 aromatic rings. The molecule has 0 atom stereocenters. The predicted molar refractivity (Wildman–Crippen MR) is 170 cm³/mol. The van der Waals surface area contributed by atoms with Crippen molar-refractivity contribution in [3.05, 3.63) is 146 Å². The highest BCUT2D eigenvalue weighted by atomic mass is 15.0. The van der Waals surface area contributed by atoms with Gasteiger partial charge in [0.05, 0.1) is 22.1 Å². The minimum Gasteiger partial charge on any atom is -0.309 e. The fourth-order valence-electron chi connectivity index (χ4n) is 6.70. The smallest absolute Gasteiger partial charge is 0.0562 e. The third-order valence-electron chi connectivity index (χ3n) is 8.47. The first kappa shape index (κ1) is 21.6. The fourth-order valence-corrected chi connectivity index (χ4v) is 6.70. The van der Waals surface area contributed by atoms with Crippen LogP contribution in [0, 0.1) is 0 Å². The SMILES string of the molecule is c1ccc(-n2c3ccccc3c3cc4c5ccccc5n(-c5ccc6c(ccc7ccccc76)c5)c4cc32)cc1. The first-order chi connectivity index (χ1) is 19.8. The Labute approximate surface area is 230 Å². The van der Waals surface area contributed by atoms with E-state index in [1.165, 1.54) is 76.5 Å². The first-order valence-corrected chi connectivity index (χ1v) is 13.8. The van der Waals surface area contributed by atoms with E-state index in [0.717, 1.165) is 0 Å². The van der Waals surface area contributed by atoms with Gasteiger partial charge in [-0.1, -0.05) is 97.1 Å². The summed E-state index contributed by atoms with van der Waals surface area (Å²) in [5.41, 5.74) is 7.24. The number of hydrogen-bond acceptors (Lipinski definition) is 0. The Morgan fingerprint density at radius 1 is 0.275 bits per heavy atom. The number of benzene rings is 7. The molecular formula is C38H24N2. The van der Waals surface area contributed by atoms with E-state index in [-0.39, 0.29) is 0 Å². The molecule has 40 heavy (non-hydrogen) atoms. The molecule has 0 aliphatic heterocycles. The van der Waals surface area contributed by atoms with E-state index in [9.17, 15) is 0 Å². The zero-order valence-corrected chi connectivity index (χ0v) is 21.8. The van der Waals surface area contributed by atoms with Crippen LogP contribution in [0.15, 0.2) is 146 Å². The van der Waals surface area contributed by atoms with Gasteiger partial charge >= 0.3 is 0 Å². The lowest BCUT2D eigenvalue weighted by Crippen LogP contribution is -1.96. The van der Waals surface area contributed by atoms with Crippen molar-refractivity contribution in [1.82, 2.24) is 9.13 Å². The van der Waals surface area contributed by atoms with Gasteiger partial charge in [-0.2, -0.15) is 0 Å². The molecule has 0 radical (unpaired) electrons. The zero-order chi connectivity index (χ0) is 26.2. The Kier molecular flexibility index (Phi) is 4.36. The van der Waals surface area contributed by atoms with Crippen molar-refractivity contribution < 1.29 is 0 Å². The van der Waals surface area contributed by atoms with Crippen LogP contribution >= 0.6 is 0 Å². The van der Waals surface area contributed by atoms with E-state index in [4.69, 9.17) is 0 Å². The molecule has 0 aliphatic rings. The summed E-state index contributed by atoms with van der Waals surface area (Å²) in [5.74, 6) is 0. The second-order valence-corrected chi connectivity index (χ2v) is 10.6. The topological polar surface area (TPSA) is 9.86 Å². The van der Waals surface area contributed by atoms with Crippen LogP contribution in [-0.4, -0.2) is 9.13 Å². The summed E-state index contributed by atoms with van der Waals surface area (Å²) in [4.78, 5) is 0. The van der Waals surface area contributed by atoms with Crippen molar-refractivity contribution in [2.45, 2.75) is 0 Å². The Bertz CT molecular complexity index is 2420. The minimum absolute atomic E-state index is 1.17. The molecule has 2 aromatic heterocycles. The molecule has 2 nitrogen and oxygen atoms in total. The largest absolute Gasteiger partial charge is 0.309 e. The summed E-state index contributed by atoms with van der Waals surface area (Å²) in [6.07, 6.45) is 0. The summed E-state index contributed by atoms with van der Waals surface area (Å²) >= 11 is 0. The number of para-hydroxylation sites is 3. The molecule has 9 rings (SSSR count). The zero-order valence-electron chi connectivity index (χ0n) is 21.8. The maximum Gasteiger partial charge on any atom is 0.0562 e. The Balaban J connectivity index is 1.41. The van der Waals surface area contributed by atoms with Gasteiger partial charge in [0.15, 0.2) is 0 Å². The first-order valence-electron chi connectivity index (χ1n) is 13.8. The highest BCUT2D eigenvalue weighted by molar-refractivity contribution is 6.19. The second-order valence-electron chi connectivity index (χ2n) is 10.6. The van der Waals surface area contributed by atoms with Gasteiger partial charge in [-0.15, -0.1) is 0 Å². The van der Waals surface area contributed by atoms with Crippen molar-refractivity contribution in [1.29, 1.82) is 0 Å². The molecule has 0 unspecified atom stereocenters. The number of aromatic nitrogens is 2. The van der Waals surface area contributed by atoms with Crippen molar-refractivity contribution in [3.8, 4) is 11.4 Å². The molecule has 186 valence electrons. The van der Waals surface area contributed by atoms with Crippen molar-refractivity contribution in [2.24, 2.45) is 0 Å². The lowest BCUT2D eigenvalue weighted by molar-refractivity contribution is 1.17. The molecule has 0 spiro atoms. The van der Waals surface area contributed by atoms with Crippen LogP contribution in [0.2, 0.25) is 0 Å². The Hall–Kier alpha value is -5.34. The van der Waals surface area contributed by atoms with Crippen LogP contribution < -0.4 is 0 Å². The molecule has 0 N–H and O–H groups in total. The van der Waals surface area contributed by atoms with Gasteiger partial charge < -0.3 is 9.13 Å². The van der Waals surface area contributed by atoms with Crippen LogP contribution in [0.4, 0.5) is 0 Å². The molecule has 0 aliphatic carbocycles. The average molecular weight is 509 g/mol. The van der Waals surface area contributed by atoms with Crippen LogP contribution in [0.3, 0.4) is 0 Å². The van der Waals surface area contributed by atoms with E-state index < -0.39 is 0 Å². The highest BCUT2D eigenvalue weighted by Crippen LogP contribution is 2.40. The summed E-state index contributed by atoms with van der Waals surface area (Å²) in [7, 11) is 0. The van der Waals surface area contributed by atoms with Gasteiger partial charge in [-0.05, 0) is 70.1 Å². The van der Waals surface area contributed by atoms with Gasteiger partial charge in [0.1, 0.15) is 0 Å².